The van der Waals surface area contributed by atoms with Crippen molar-refractivity contribution in [2.45, 2.75) is 45.1 Å². The Bertz CT molecular complexity index is 720. The van der Waals surface area contributed by atoms with Crippen molar-refractivity contribution in [1.29, 1.82) is 0 Å². The number of hydrogen-bond acceptors (Lipinski definition) is 6. The van der Waals surface area contributed by atoms with E-state index in [1.165, 1.54) is 23.2 Å². The maximum absolute atomic E-state index is 6.21. The predicted molar refractivity (Wildman–Crippen MR) is 88.0 cm³/mol. The molecule has 1 aliphatic heterocycles. The zero-order valence-corrected chi connectivity index (χ0v) is 12.9. The zero-order valence-electron chi connectivity index (χ0n) is 12.9. The lowest BCUT2D eigenvalue weighted by Gasteiger charge is -2.23. The van der Waals surface area contributed by atoms with E-state index in [1.807, 2.05) is 0 Å². The molecule has 0 spiro atoms. The minimum Gasteiger partial charge on any atom is -0.383 e. The van der Waals surface area contributed by atoms with Crippen LogP contribution in [0.5, 0.6) is 0 Å². The molecule has 2 aromatic heterocycles. The standard InChI is InChI=1S/C16H22N6/c1-9-11-3-2-4-12(11)20-15-13(9)14(17)21-16(22-15)19-10-5-7-18-8-6-10/h10,18H,2-8H2,1H3,(H3,17,19,20,21,22). The quantitative estimate of drug-likeness (QED) is 0.780. The minimum atomic E-state index is 0.411. The third-order valence-corrected chi connectivity index (χ3v) is 4.85. The first-order valence-corrected chi connectivity index (χ1v) is 8.15. The van der Waals surface area contributed by atoms with E-state index in [0.717, 1.165) is 49.8 Å². The highest BCUT2D eigenvalue weighted by Gasteiger charge is 2.21. The fourth-order valence-electron chi connectivity index (χ4n) is 3.65. The topological polar surface area (TPSA) is 88.8 Å². The first kappa shape index (κ1) is 13.7. The highest BCUT2D eigenvalue weighted by molar-refractivity contribution is 5.90. The second-order valence-electron chi connectivity index (χ2n) is 6.32. The van der Waals surface area contributed by atoms with E-state index in [9.17, 15) is 0 Å². The molecule has 0 saturated carbocycles. The lowest BCUT2D eigenvalue weighted by Crippen LogP contribution is -2.35. The van der Waals surface area contributed by atoms with Crippen molar-refractivity contribution >= 4 is 22.8 Å². The minimum absolute atomic E-state index is 0.411. The van der Waals surface area contributed by atoms with Crippen molar-refractivity contribution in [3.8, 4) is 0 Å². The molecule has 22 heavy (non-hydrogen) atoms. The molecule has 2 aromatic rings. The third kappa shape index (κ3) is 2.27. The molecule has 3 heterocycles. The van der Waals surface area contributed by atoms with Crippen LogP contribution in [-0.2, 0) is 12.8 Å². The number of hydrogen-bond donors (Lipinski definition) is 3. The summed E-state index contributed by atoms with van der Waals surface area (Å²) >= 11 is 0. The van der Waals surface area contributed by atoms with Crippen LogP contribution in [0.3, 0.4) is 0 Å². The van der Waals surface area contributed by atoms with E-state index in [0.29, 0.717) is 17.8 Å². The summed E-state index contributed by atoms with van der Waals surface area (Å²) in [6.45, 7) is 4.19. The number of anilines is 2. The molecule has 0 unspecified atom stereocenters. The summed E-state index contributed by atoms with van der Waals surface area (Å²) in [6.07, 6.45) is 5.48. The molecular weight excluding hydrogens is 276 g/mol. The van der Waals surface area contributed by atoms with Crippen molar-refractivity contribution in [1.82, 2.24) is 20.3 Å². The lowest BCUT2D eigenvalue weighted by atomic mass is 10.1. The zero-order chi connectivity index (χ0) is 15.1. The molecule has 1 saturated heterocycles. The highest BCUT2D eigenvalue weighted by Crippen LogP contribution is 2.31. The van der Waals surface area contributed by atoms with Crippen molar-refractivity contribution in [3.63, 3.8) is 0 Å². The molecule has 0 radical (unpaired) electrons. The van der Waals surface area contributed by atoms with E-state index in [-0.39, 0.29) is 0 Å². The Morgan fingerprint density at radius 3 is 2.77 bits per heavy atom. The second-order valence-corrected chi connectivity index (χ2v) is 6.32. The summed E-state index contributed by atoms with van der Waals surface area (Å²) in [4.78, 5) is 13.9. The number of piperidine rings is 1. The molecule has 2 aliphatic rings. The van der Waals surface area contributed by atoms with Crippen molar-refractivity contribution < 1.29 is 0 Å². The van der Waals surface area contributed by atoms with Crippen LogP contribution in [0.25, 0.3) is 11.0 Å². The van der Waals surface area contributed by atoms with Crippen LogP contribution in [0, 0.1) is 6.92 Å². The molecule has 6 heteroatoms. The number of rotatable bonds is 2. The van der Waals surface area contributed by atoms with Crippen LogP contribution < -0.4 is 16.4 Å². The molecule has 1 fully saturated rings. The van der Waals surface area contributed by atoms with E-state index in [2.05, 4.69) is 27.5 Å². The van der Waals surface area contributed by atoms with E-state index in [1.54, 1.807) is 0 Å². The average Bonchev–Trinajstić information content (AvgIpc) is 2.96. The maximum Gasteiger partial charge on any atom is 0.226 e. The van der Waals surface area contributed by atoms with Crippen LogP contribution in [0.2, 0.25) is 0 Å². The number of nitrogens with two attached hydrogens (primary N) is 1. The molecule has 116 valence electrons. The largest absolute Gasteiger partial charge is 0.383 e. The van der Waals surface area contributed by atoms with Gasteiger partial charge in [0.05, 0.1) is 5.39 Å². The fraction of sp³-hybridized carbons (Fsp3) is 0.562. The van der Waals surface area contributed by atoms with Gasteiger partial charge in [-0.05, 0) is 63.2 Å². The van der Waals surface area contributed by atoms with Gasteiger partial charge in [-0.3, -0.25) is 0 Å². The van der Waals surface area contributed by atoms with E-state index < -0.39 is 0 Å². The van der Waals surface area contributed by atoms with Gasteiger partial charge in [-0.15, -0.1) is 0 Å². The van der Waals surface area contributed by atoms with Gasteiger partial charge in [-0.25, -0.2) is 4.98 Å². The fourth-order valence-corrected chi connectivity index (χ4v) is 3.65. The Balaban J connectivity index is 1.74. The molecule has 0 aromatic carbocycles. The van der Waals surface area contributed by atoms with E-state index in [4.69, 9.17) is 10.7 Å². The van der Waals surface area contributed by atoms with Gasteiger partial charge in [0.15, 0.2) is 5.65 Å². The molecule has 0 amide bonds. The van der Waals surface area contributed by atoms with Crippen molar-refractivity contribution in [2.75, 3.05) is 24.1 Å². The van der Waals surface area contributed by atoms with E-state index >= 15 is 0 Å². The SMILES string of the molecule is Cc1c2c(nc3nc(NC4CCNCC4)nc(N)c13)CCC2. The smallest absolute Gasteiger partial charge is 0.226 e. The molecule has 4 N–H and O–H groups in total. The predicted octanol–water partition coefficient (Wildman–Crippen LogP) is 1.57. The summed E-state index contributed by atoms with van der Waals surface area (Å²) < 4.78 is 0. The number of aromatic nitrogens is 3. The van der Waals surface area contributed by atoms with Gasteiger partial charge >= 0.3 is 0 Å². The summed E-state index contributed by atoms with van der Waals surface area (Å²) in [5, 5.41) is 7.71. The number of aryl methyl sites for hydroxylation is 2. The first-order chi connectivity index (χ1) is 10.7. The Hall–Kier alpha value is -1.95. The Labute approximate surface area is 129 Å². The summed E-state index contributed by atoms with van der Waals surface area (Å²) in [5.41, 5.74) is 10.7. The number of nitrogens with zero attached hydrogens (tertiary/aromatic N) is 3. The monoisotopic (exact) mass is 298 g/mol. The lowest BCUT2D eigenvalue weighted by molar-refractivity contribution is 0.477. The molecule has 4 rings (SSSR count). The molecule has 1 aliphatic carbocycles. The van der Waals surface area contributed by atoms with Gasteiger partial charge in [-0.1, -0.05) is 0 Å². The summed E-state index contributed by atoms with van der Waals surface area (Å²) in [7, 11) is 0. The van der Waals surface area contributed by atoms with Gasteiger partial charge in [0, 0.05) is 11.7 Å². The second kappa shape index (κ2) is 5.35. The Kier molecular flexibility index (Phi) is 3.33. The number of nitrogen functional groups attached to an aromatic ring is 1. The number of pyridine rings is 1. The van der Waals surface area contributed by atoms with Crippen LogP contribution in [0.1, 0.15) is 36.1 Å². The summed E-state index contributed by atoms with van der Waals surface area (Å²) in [5.74, 6) is 1.16. The van der Waals surface area contributed by atoms with Gasteiger partial charge in [-0.2, -0.15) is 9.97 Å². The maximum atomic E-state index is 6.21. The number of fused-ring (bicyclic) bond motifs is 2. The molecule has 0 atom stereocenters. The van der Waals surface area contributed by atoms with Crippen LogP contribution in [-0.4, -0.2) is 34.1 Å². The molecular formula is C16H22N6. The Morgan fingerprint density at radius 1 is 1.14 bits per heavy atom. The Morgan fingerprint density at radius 2 is 1.95 bits per heavy atom. The molecule has 6 nitrogen and oxygen atoms in total. The van der Waals surface area contributed by atoms with Crippen LogP contribution in [0.4, 0.5) is 11.8 Å². The average molecular weight is 298 g/mol. The van der Waals surface area contributed by atoms with Gasteiger partial charge in [0.1, 0.15) is 5.82 Å². The van der Waals surface area contributed by atoms with Crippen molar-refractivity contribution in [3.05, 3.63) is 16.8 Å². The van der Waals surface area contributed by atoms with Gasteiger partial charge in [0.2, 0.25) is 5.95 Å². The first-order valence-electron chi connectivity index (χ1n) is 8.15. The van der Waals surface area contributed by atoms with Crippen LogP contribution in [0.15, 0.2) is 0 Å². The highest BCUT2D eigenvalue weighted by atomic mass is 15.2. The van der Waals surface area contributed by atoms with Gasteiger partial charge < -0.3 is 16.4 Å². The van der Waals surface area contributed by atoms with Crippen LogP contribution >= 0.6 is 0 Å². The number of nitrogens with one attached hydrogen (secondary N) is 2. The van der Waals surface area contributed by atoms with Crippen molar-refractivity contribution in [2.24, 2.45) is 0 Å². The molecule has 0 bridgehead atoms. The summed E-state index contributed by atoms with van der Waals surface area (Å²) in [6, 6.07) is 0.411. The third-order valence-electron chi connectivity index (χ3n) is 4.85. The normalized spacial score (nSPS) is 18.6. The van der Waals surface area contributed by atoms with Gasteiger partial charge in [0.25, 0.3) is 0 Å².